The number of nitrogens with zero attached hydrogens (tertiary/aromatic N) is 2. The lowest BCUT2D eigenvalue weighted by Gasteiger charge is -2.26. The van der Waals surface area contributed by atoms with E-state index in [9.17, 15) is 24.2 Å². The molecule has 1 aliphatic heterocycles. The number of hydrogen-bond acceptors (Lipinski definition) is 5. The highest BCUT2D eigenvalue weighted by Crippen LogP contribution is 2.42. The summed E-state index contributed by atoms with van der Waals surface area (Å²) in [5.74, 6) is -3.08. The number of amides is 1. The molecule has 164 valence electrons. The van der Waals surface area contributed by atoms with Gasteiger partial charge in [0, 0.05) is 24.0 Å². The van der Waals surface area contributed by atoms with Crippen LogP contribution in [0.5, 0.6) is 5.75 Å². The smallest absolute Gasteiger partial charge is 0.295 e. The number of fused-ring (bicyclic) bond motifs is 1. The van der Waals surface area contributed by atoms with Crippen molar-refractivity contribution in [3.63, 3.8) is 0 Å². The topological polar surface area (TPSA) is 81.1 Å². The van der Waals surface area contributed by atoms with Gasteiger partial charge >= 0.3 is 0 Å². The third-order valence-corrected chi connectivity index (χ3v) is 5.68. The van der Waals surface area contributed by atoms with Crippen LogP contribution < -0.4 is 0 Å². The summed E-state index contributed by atoms with van der Waals surface area (Å²) >= 11 is 0. The van der Waals surface area contributed by atoms with Gasteiger partial charge in [-0.1, -0.05) is 48.5 Å². The molecule has 1 saturated heterocycles. The Hall–Kier alpha value is -3.71. The summed E-state index contributed by atoms with van der Waals surface area (Å²) in [6.07, 6.45) is 0. The number of ketones is 1. The van der Waals surface area contributed by atoms with Crippen LogP contribution in [-0.2, 0) is 9.59 Å². The van der Waals surface area contributed by atoms with Crippen molar-refractivity contribution < 1.29 is 24.2 Å². The summed E-state index contributed by atoms with van der Waals surface area (Å²) < 4.78 is 14.8. The van der Waals surface area contributed by atoms with Gasteiger partial charge in [-0.25, -0.2) is 4.39 Å². The lowest BCUT2D eigenvalue weighted by molar-refractivity contribution is -0.140. The molecule has 0 aliphatic carbocycles. The molecule has 3 aromatic carbocycles. The van der Waals surface area contributed by atoms with Crippen LogP contribution in [0, 0.1) is 5.82 Å². The molecular formula is C25H23FN2O4. The number of benzene rings is 3. The zero-order valence-electron chi connectivity index (χ0n) is 17.7. The fourth-order valence-corrected chi connectivity index (χ4v) is 4.03. The largest absolute Gasteiger partial charge is 0.507 e. The Morgan fingerprint density at radius 2 is 1.72 bits per heavy atom. The lowest BCUT2D eigenvalue weighted by Crippen LogP contribution is -2.35. The van der Waals surface area contributed by atoms with Gasteiger partial charge in [0.2, 0.25) is 0 Å². The predicted molar refractivity (Wildman–Crippen MR) is 120 cm³/mol. The Morgan fingerprint density at radius 1 is 1.03 bits per heavy atom. The standard InChI is InChI=1S/C25H23FN2O4/c1-27(2)13-14-28-21(17-9-5-6-10-19(17)26)20(24(31)25(28)32)23(30)18-12-11-15-7-3-4-8-16(15)22(18)29/h3-12,21,29-30H,13-14H2,1-2H3/t21-/m0/s1. The van der Waals surface area contributed by atoms with E-state index in [0.29, 0.717) is 11.9 Å². The number of phenols is 1. The normalized spacial score (nSPS) is 18.1. The first-order valence-corrected chi connectivity index (χ1v) is 10.2. The van der Waals surface area contributed by atoms with Gasteiger partial charge in [-0.2, -0.15) is 0 Å². The molecular weight excluding hydrogens is 411 g/mol. The average Bonchev–Trinajstić information content (AvgIpc) is 3.02. The van der Waals surface area contributed by atoms with E-state index in [-0.39, 0.29) is 29.0 Å². The molecule has 0 spiro atoms. The minimum Gasteiger partial charge on any atom is -0.507 e. The molecule has 0 bridgehead atoms. The quantitative estimate of drug-likeness (QED) is 0.364. The maximum absolute atomic E-state index is 14.8. The first-order chi connectivity index (χ1) is 15.3. The fraction of sp³-hybridized carbons (Fsp3) is 0.200. The second-order valence-electron chi connectivity index (χ2n) is 8.00. The third-order valence-electron chi connectivity index (χ3n) is 5.68. The monoisotopic (exact) mass is 434 g/mol. The number of hydrogen-bond donors (Lipinski definition) is 2. The Labute approximate surface area is 184 Å². The van der Waals surface area contributed by atoms with E-state index >= 15 is 0 Å². The van der Waals surface area contributed by atoms with E-state index in [1.54, 1.807) is 30.3 Å². The van der Waals surface area contributed by atoms with Gasteiger partial charge in [-0.3, -0.25) is 9.59 Å². The summed E-state index contributed by atoms with van der Waals surface area (Å²) in [5, 5.41) is 23.2. The molecule has 0 unspecified atom stereocenters. The van der Waals surface area contributed by atoms with Crippen molar-refractivity contribution in [2.24, 2.45) is 0 Å². The summed E-state index contributed by atoms with van der Waals surface area (Å²) in [5.41, 5.74) is -0.132. The molecule has 1 fully saturated rings. The van der Waals surface area contributed by atoms with E-state index in [1.807, 2.05) is 25.1 Å². The van der Waals surface area contributed by atoms with E-state index in [1.165, 1.54) is 29.2 Å². The van der Waals surface area contributed by atoms with Crippen LogP contribution in [0.4, 0.5) is 4.39 Å². The summed E-state index contributed by atoms with van der Waals surface area (Å²) in [4.78, 5) is 29.0. The SMILES string of the molecule is CN(C)CCN1C(=O)C(=O)C(=C(O)c2ccc3ccccc3c2O)[C@@H]1c1ccccc1F. The van der Waals surface area contributed by atoms with Crippen LogP contribution in [0.15, 0.2) is 66.2 Å². The predicted octanol–water partition coefficient (Wildman–Crippen LogP) is 3.67. The van der Waals surface area contributed by atoms with Crippen molar-refractivity contribution >= 4 is 28.2 Å². The van der Waals surface area contributed by atoms with Crippen LogP contribution >= 0.6 is 0 Å². The number of aliphatic hydroxyl groups excluding tert-OH is 1. The number of carbonyl (C=O) groups excluding carboxylic acids is 2. The summed E-state index contributed by atoms with van der Waals surface area (Å²) in [6, 6.07) is 15.0. The number of carbonyl (C=O) groups is 2. The molecule has 1 atom stereocenters. The average molecular weight is 434 g/mol. The maximum Gasteiger partial charge on any atom is 0.295 e. The van der Waals surface area contributed by atoms with Crippen molar-refractivity contribution in [1.82, 2.24) is 9.80 Å². The van der Waals surface area contributed by atoms with Gasteiger partial charge < -0.3 is 20.0 Å². The van der Waals surface area contributed by atoms with Crippen LogP contribution in [0.25, 0.3) is 16.5 Å². The Kier molecular flexibility index (Phi) is 5.67. The number of aromatic hydroxyl groups is 1. The van der Waals surface area contributed by atoms with Gasteiger partial charge in [0.15, 0.2) is 0 Å². The molecule has 0 saturated carbocycles. The van der Waals surface area contributed by atoms with Crippen molar-refractivity contribution in [2.45, 2.75) is 6.04 Å². The molecule has 1 amide bonds. The van der Waals surface area contributed by atoms with Crippen LogP contribution in [0.1, 0.15) is 17.2 Å². The van der Waals surface area contributed by atoms with Crippen LogP contribution in [-0.4, -0.2) is 58.9 Å². The van der Waals surface area contributed by atoms with E-state index in [2.05, 4.69) is 0 Å². The van der Waals surface area contributed by atoms with E-state index in [0.717, 1.165) is 5.39 Å². The number of halogens is 1. The summed E-state index contributed by atoms with van der Waals surface area (Å²) in [7, 11) is 3.64. The third kappa shape index (κ3) is 3.61. The molecule has 4 rings (SSSR count). The molecule has 2 N–H and O–H groups in total. The van der Waals surface area contributed by atoms with Crippen molar-refractivity contribution in [2.75, 3.05) is 27.2 Å². The number of likely N-dealkylation sites (N-methyl/N-ethyl adjacent to an activating group) is 1. The molecule has 0 aromatic heterocycles. The number of phenolic OH excluding ortho intramolecular Hbond substituents is 1. The number of likely N-dealkylation sites (tertiary alicyclic amines) is 1. The number of Topliss-reactive ketones (excluding diaryl/α,β-unsaturated/α-hetero) is 1. The maximum atomic E-state index is 14.8. The Balaban J connectivity index is 1.93. The van der Waals surface area contributed by atoms with Gasteiger partial charge in [-0.05, 0) is 31.6 Å². The lowest BCUT2D eigenvalue weighted by atomic mass is 9.93. The minimum absolute atomic E-state index is 0.00986. The molecule has 3 aromatic rings. The van der Waals surface area contributed by atoms with Crippen LogP contribution in [0.3, 0.4) is 0 Å². The molecule has 1 aliphatic rings. The van der Waals surface area contributed by atoms with Crippen molar-refractivity contribution in [3.05, 3.63) is 83.2 Å². The minimum atomic E-state index is -1.11. The first kappa shape index (κ1) is 21.5. The second kappa shape index (κ2) is 8.43. The highest BCUT2D eigenvalue weighted by molar-refractivity contribution is 6.46. The highest BCUT2D eigenvalue weighted by Gasteiger charge is 2.47. The summed E-state index contributed by atoms with van der Waals surface area (Å²) in [6.45, 7) is 0.607. The number of aliphatic hydroxyl groups is 1. The highest BCUT2D eigenvalue weighted by atomic mass is 19.1. The van der Waals surface area contributed by atoms with Gasteiger partial charge in [0.05, 0.1) is 17.2 Å². The van der Waals surface area contributed by atoms with Crippen LogP contribution in [0.2, 0.25) is 0 Å². The molecule has 1 heterocycles. The fourth-order valence-electron chi connectivity index (χ4n) is 4.03. The van der Waals surface area contributed by atoms with Gasteiger partial charge in [0.25, 0.3) is 11.7 Å². The second-order valence-corrected chi connectivity index (χ2v) is 8.00. The molecule has 32 heavy (non-hydrogen) atoms. The van der Waals surface area contributed by atoms with Gasteiger partial charge in [-0.15, -0.1) is 0 Å². The Morgan fingerprint density at radius 3 is 2.44 bits per heavy atom. The zero-order chi connectivity index (χ0) is 23.0. The van der Waals surface area contributed by atoms with Gasteiger partial charge in [0.1, 0.15) is 17.3 Å². The number of rotatable bonds is 5. The van der Waals surface area contributed by atoms with E-state index in [4.69, 9.17) is 0 Å². The first-order valence-electron chi connectivity index (χ1n) is 10.2. The zero-order valence-corrected chi connectivity index (χ0v) is 17.7. The van der Waals surface area contributed by atoms with Crippen molar-refractivity contribution in [3.8, 4) is 5.75 Å². The Bertz CT molecular complexity index is 1250. The molecule has 0 radical (unpaired) electrons. The molecule has 6 nitrogen and oxygen atoms in total. The van der Waals surface area contributed by atoms with E-state index < -0.39 is 29.3 Å². The molecule has 7 heteroatoms. The van der Waals surface area contributed by atoms with Crippen molar-refractivity contribution in [1.29, 1.82) is 0 Å².